The Bertz CT molecular complexity index is 220. The fraction of sp³-hybridized carbons (Fsp3) is 0.429. The predicted molar refractivity (Wildman–Crippen MR) is 42.7 cm³/mol. The SMILES string of the molecule is COCC(=O)Cc1cncs1. The van der Waals surface area contributed by atoms with E-state index in [0.717, 1.165) is 4.88 Å². The molecule has 0 N–H and O–H groups in total. The summed E-state index contributed by atoms with van der Waals surface area (Å²) in [6, 6.07) is 0. The molecular weight excluding hydrogens is 162 g/mol. The van der Waals surface area contributed by atoms with Crippen molar-refractivity contribution in [2.75, 3.05) is 13.7 Å². The highest BCUT2D eigenvalue weighted by molar-refractivity contribution is 7.09. The molecule has 0 aliphatic carbocycles. The molecule has 11 heavy (non-hydrogen) atoms. The molecular formula is C7H9NO2S. The number of Topliss-reactive ketones (excluding diaryl/α,β-unsaturated/α-hetero) is 1. The molecule has 0 radical (unpaired) electrons. The van der Waals surface area contributed by atoms with Crippen LogP contribution in [0.1, 0.15) is 4.88 Å². The van der Waals surface area contributed by atoms with Gasteiger partial charge in [0.1, 0.15) is 6.61 Å². The van der Waals surface area contributed by atoms with Crippen LogP contribution in [0, 0.1) is 0 Å². The van der Waals surface area contributed by atoms with E-state index in [4.69, 9.17) is 0 Å². The predicted octanol–water partition coefficient (Wildman–Crippen LogP) is 0.901. The zero-order chi connectivity index (χ0) is 8.10. The molecule has 1 heterocycles. The van der Waals surface area contributed by atoms with Gasteiger partial charge in [-0.05, 0) is 0 Å². The molecule has 0 spiro atoms. The zero-order valence-corrected chi connectivity index (χ0v) is 7.06. The molecule has 0 fully saturated rings. The first-order chi connectivity index (χ1) is 5.33. The summed E-state index contributed by atoms with van der Waals surface area (Å²) in [6.07, 6.45) is 2.15. The lowest BCUT2D eigenvalue weighted by molar-refractivity contribution is -0.121. The van der Waals surface area contributed by atoms with Gasteiger partial charge < -0.3 is 4.74 Å². The fourth-order valence-electron chi connectivity index (χ4n) is 0.736. The number of ketones is 1. The number of hydrogen-bond acceptors (Lipinski definition) is 4. The van der Waals surface area contributed by atoms with Gasteiger partial charge in [-0.1, -0.05) is 0 Å². The van der Waals surface area contributed by atoms with Crippen molar-refractivity contribution in [1.82, 2.24) is 4.98 Å². The zero-order valence-electron chi connectivity index (χ0n) is 6.24. The van der Waals surface area contributed by atoms with Crippen LogP contribution in [0.2, 0.25) is 0 Å². The van der Waals surface area contributed by atoms with E-state index in [1.165, 1.54) is 18.4 Å². The number of nitrogens with zero attached hydrogens (tertiary/aromatic N) is 1. The van der Waals surface area contributed by atoms with E-state index in [1.54, 1.807) is 11.7 Å². The molecule has 60 valence electrons. The summed E-state index contributed by atoms with van der Waals surface area (Å²) in [7, 11) is 1.52. The Hall–Kier alpha value is -0.740. The normalized spacial score (nSPS) is 9.91. The summed E-state index contributed by atoms with van der Waals surface area (Å²) in [4.78, 5) is 15.8. The van der Waals surface area contributed by atoms with E-state index in [-0.39, 0.29) is 12.4 Å². The van der Waals surface area contributed by atoms with Crippen molar-refractivity contribution in [3.8, 4) is 0 Å². The van der Waals surface area contributed by atoms with Crippen LogP contribution in [0.5, 0.6) is 0 Å². The maximum atomic E-state index is 11.0. The first-order valence-corrected chi connectivity index (χ1v) is 4.09. The van der Waals surface area contributed by atoms with Gasteiger partial charge in [0, 0.05) is 24.6 Å². The number of hydrogen-bond donors (Lipinski definition) is 0. The summed E-state index contributed by atoms with van der Waals surface area (Å²) in [6.45, 7) is 0.192. The van der Waals surface area contributed by atoms with E-state index >= 15 is 0 Å². The molecule has 0 atom stereocenters. The number of methoxy groups -OCH3 is 1. The number of aromatic nitrogens is 1. The summed E-state index contributed by atoms with van der Waals surface area (Å²) in [5.41, 5.74) is 1.72. The Morgan fingerprint density at radius 3 is 3.18 bits per heavy atom. The van der Waals surface area contributed by atoms with E-state index in [9.17, 15) is 4.79 Å². The van der Waals surface area contributed by atoms with Crippen LogP contribution in [0.15, 0.2) is 11.7 Å². The molecule has 1 aromatic heterocycles. The van der Waals surface area contributed by atoms with Gasteiger partial charge in [-0.2, -0.15) is 0 Å². The van der Waals surface area contributed by atoms with Crippen LogP contribution >= 0.6 is 11.3 Å². The van der Waals surface area contributed by atoms with Crippen LogP contribution in [-0.2, 0) is 16.0 Å². The average molecular weight is 171 g/mol. The Labute approximate surface area is 69.0 Å². The van der Waals surface area contributed by atoms with Crippen molar-refractivity contribution >= 4 is 17.1 Å². The van der Waals surface area contributed by atoms with Crippen molar-refractivity contribution in [3.63, 3.8) is 0 Å². The second-order valence-corrected chi connectivity index (χ2v) is 3.09. The molecule has 1 aromatic rings. The van der Waals surface area contributed by atoms with Crippen molar-refractivity contribution in [2.24, 2.45) is 0 Å². The van der Waals surface area contributed by atoms with Gasteiger partial charge >= 0.3 is 0 Å². The number of rotatable bonds is 4. The van der Waals surface area contributed by atoms with Gasteiger partial charge in [0.15, 0.2) is 5.78 Å². The standard InChI is InChI=1S/C7H9NO2S/c1-10-4-6(9)2-7-3-8-5-11-7/h3,5H,2,4H2,1H3. The molecule has 0 bridgehead atoms. The topological polar surface area (TPSA) is 39.2 Å². The molecule has 1 rings (SSSR count). The Kier molecular flexibility index (Phi) is 3.19. The summed E-state index contributed by atoms with van der Waals surface area (Å²) < 4.78 is 4.69. The highest BCUT2D eigenvalue weighted by Crippen LogP contribution is 2.06. The van der Waals surface area contributed by atoms with Gasteiger partial charge in [-0.25, -0.2) is 0 Å². The van der Waals surface area contributed by atoms with Gasteiger partial charge in [-0.15, -0.1) is 11.3 Å². The van der Waals surface area contributed by atoms with Crippen LogP contribution in [0.4, 0.5) is 0 Å². The van der Waals surface area contributed by atoms with Crippen LogP contribution in [0.3, 0.4) is 0 Å². The second-order valence-electron chi connectivity index (χ2n) is 2.12. The highest BCUT2D eigenvalue weighted by atomic mass is 32.1. The molecule has 0 saturated carbocycles. The third kappa shape index (κ3) is 2.78. The van der Waals surface area contributed by atoms with Gasteiger partial charge in [0.25, 0.3) is 0 Å². The largest absolute Gasteiger partial charge is 0.377 e. The van der Waals surface area contributed by atoms with Crippen molar-refractivity contribution in [2.45, 2.75) is 6.42 Å². The number of thiazole rings is 1. The molecule has 0 aromatic carbocycles. The maximum absolute atomic E-state index is 11.0. The van der Waals surface area contributed by atoms with E-state index in [1.807, 2.05) is 0 Å². The third-order valence-electron chi connectivity index (χ3n) is 1.16. The lowest BCUT2D eigenvalue weighted by Crippen LogP contribution is -2.08. The smallest absolute Gasteiger partial charge is 0.163 e. The number of ether oxygens (including phenoxy) is 1. The van der Waals surface area contributed by atoms with Gasteiger partial charge in [0.05, 0.1) is 5.51 Å². The Balaban J connectivity index is 2.37. The van der Waals surface area contributed by atoms with Crippen LogP contribution < -0.4 is 0 Å². The summed E-state index contributed by atoms with van der Waals surface area (Å²) in [5, 5.41) is 0. The first-order valence-electron chi connectivity index (χ1n) is 3.21. The fourth-order valence-corrected chi connectivity index (χ4v) is 1.36. The monoisotopic (exact) mass is 171 g/mol. The molecule has 0 unspecified atom stereocenters. The molecule has 0 saturated heterocycles. The molecule has 4 heteroatoms. The van der Waals surface area contributed by atoms with Crippen molar-refractivity contribution in [3.05, 3.63) is 16.6 Å². The third-order valence-corrected chi connectivity index (χ3v) is 1.94. The van der Waals surface area contributed by atoms with Crippen molar-refractivity contribution in [1.29, 1.82) is 0 Å². The molecule has 0 aliphatic rings. The lowest BCUT2D eigenvalue weighted by atomic mass is 10.3. The molecule has 0 amide bonds. The van der Waals surface area contributed by atoms with E-state index < -0.39 is 0 Å². The quantitative estimate of drug-likeness (QED) is 0.675. The summed E-state index contributed by atoms with van der Waals surface area (Å²) in [5.74, 6) is 0.0942. The van der Waals surface area contributed by atoms with Crippen LogP contribution in [0.25, 0.3) is 0 Å². The van der Waals surface area contributed by atoms with Gasteiger partial charge in [-0.3, -0.25) is 9.78 Å². The van der Waals surface area contributed by atoms with Crippen molar-refractivity contribution < 1.29 is 9.53 Å². The number of carbonyl (C=O) groups is 1. The minimum absolute atomic E-state index is 0.0942. The molecule has 0 aliphatic heterocycles. The second kappa shape index (κ2) is 4.20. The number of carbonyl (C=O) groups excluding carboxylic acids is 1. The van der Waals surface area contributed by atoms with Gasteiger partial charge in [0.2, 0.25) is 0 Å². The average Bonchev–Trinajstić information content (AvgIpc) is 2.40. The maximum Gasteiger partial charge on any atom is 0.163 e. The Morgan fingerprint density at radius 1 is 1.82 bits per heavy atom. The minimum Gasteiger partial charge on any atom is -0.377 e. The van der Waals surface area contributed by atoms with E-state index in [0.29, 0.717) is 6.42 Å². The Morgan fingerprint density at radius 2 is 2.64 bits per heavy atom. The van der Waals surface area contributed by atoms with Crippen LogP contribution in [-0.4, -0.2) is 24.5 Å². The minimum atomic E-state index is 0.0942. The van der Waals surface area contributed by atoms with E-state index in [2.05, 4.69) is 9.72 Å². The molecule has 3 nitrogen and oxygen atoms in total. The lowest BCUT2D eigenvalue weighted by Gasteiger charge is -1.94. The highest BCUT2D eigenvalue weighted by Gasteiger charge is 2.03. The summed E-state index contributed by atoms with van der Waals surface area (Å²) >= 11 is 1.49. The first kappa shape index (κ1) is 8.36.